The first-order chi connectivity index (χ1) is 7.33. The maximum atomic E-state index is 7.32. The van der Waals surface area contributed by atoms with Gasteiger partial charge in [-0.2, -0.15) is 0 Å². The van der Waals surface area contributed by atoms with Gasteiger partial charge < -0.3 is 15.5 Å². The van der Waals surface area contributed by atoms with Gasteiger partial charge in [0.1, 0.15) is 0 Å². The van der Waals surface area contributed by atoms with Crippen molar-refractivity contribution < 1.29 is 0 Å². The number of guanidine groups is 1. The minimum Gasteiger partial charge on any atom is -0.360 e. The molecule has 88 valence electrons. The number of hydrogen-bond acceptors (Lipinski definition) is 2. The highest BCUT2D eigenvalue weighted by Crippen LogP contribution is 2.08. The van der Waals surface area contributed by atoms with E-state index in [2.05, 4.69) is 15.5 Å². The highest BCUT2D eigenvalue weighted by molar-refractivity contribution is 5.75. The summed E-state index contributed by atoms with van der Waals surface area (Å²) >= 11 is 0. The molecule has 1 rings (SSSR count). The fraction of sp³-hybridized carbons (Fsp3) is 0.909. The van der Waals surface area contributed by atoms with E-state index in [-0.39, 0.29) is 0 Å². The Morgan fingerprint density at radius 3 is 2.60 bits per heavy atom. The molecule has 0 atom stereocenters. The molecule has 0 aromatic heterocycles. The number of unbranched alkanes of at least 4 members (excludes halogenated alkanes) is 2. The molecule has 0 aliphatic carbocycles. The summed E-state index contributed by atoms with van der Waals surface area (Å²) in [4.78, 5) is 2.56. The van der Waals surface area contributed by atoms with Crippen LogP contribution >= 0.6 is 0 Å². The summed E-state index contributed by atoms with van der Waals surface area (Å²) in [5, 5.41) is 13.1. The molecule has 0 radical (unpaired) electrons. The summed E-state index contributed by atoms with van der Waals surface area (Å²) < 4.78 is 0. The third-order valence-electron chi connectivity index (χ3n) is 2.90. The van der Waals surface area contributed by atoms with Crippen LogP contribution in [0, 0.1) is 5.41 Å². The van der Waals surface area contributed by atoms with E-state index in [1.54, 1.807) is 7.05 Å². The molecule has 0 bridgehead atoms. The van der Waals surface area contributed by atoms with E-state index in [1.165, 1.54) is 45.3 Å². The molecular formula is C11H24N4. The Morgan fingerprint density at radius 2 is 1.93 bits per heavy atom. The van der Waals surface area contributed by atoms with E-state index in [9.17, 15) is 0 Å². The van der Waals surface area contributed by atoms with Crippen molar-refractivity contribution in [3.8, 4) is 0 Å². The molecule has 0 spiro atoms. The molecule has 1 fully saturated rings. The standard InChI is InChI=1S/C11H24N4/c1-13-11(12)14-7-3-2-4-8-15-9-5-6-10-15/h2-10H2,1H3,(H3,12,13,14). The minimum absolute atomic E-state index is 0.426. The van der Waals surface area contributed by atoms with Crippen LogP contribution in [-0.2, 0) is 0 Å². The van der Waals surface area contributed by atoms with Crippen LogP contribution in [0.2, 0.25) is 0 Å². The lowest BCUT2D eigenvalue weighted by molar-refractivity contribution is 0.328. The van der Waals surface area contributed by atoms with E-state index in [4.69, 9.17) is 5.41 Å². The third-order valence-corrected chi connectivity index (χ3v) is 2.90. The highest BCUT2D eigenvalue weighted by Gasteiger charge is 2.09. The first-order valence-corrected chi connectivity index (χ1v) is 6.05. The smallest absolute Gasteiger partial charge is 0.188 e. The van der Waals surface area contributed by atoms with Crippen molar-refractivity contribution in [2.45, 2.75) is 32.1 Å². The molecule has 4 heteroatoms. The van der Waals surface area contributed by atoms with Crippen molar-refractivity contribution in [2.75, 3.05) is 33.2 Å². The first-order valence-electron chi connectivity index (χ1n) is 6.05. The van der Waals surface area contributed by atoms with E-state index < -0.39 is 0 Å². The van der Waals surface area contributed by atoms with E-state index in [0.717, 1.165) is 13.0 Å². The molecule has 1 aliphatic heterocycles. The molecule has 0 amide bonds. The summed E-state index contributed by atoms with van der Waals surface area (Å²) in [6.07, 6.45) is 6.51. The SMILES string of the molecule is CNC(=N)NCCCCCN1CCCC1. The monoisotopic (exact) mass is 212 g/mol. The largest absolute Gasteiger partial charge is 0.360 e. The number of rotatable bonds is 6. The lowest BCUT2D eigenvalue weighted by atomic mass is 10.2. The molecule has 4 nitrogen and oxygen atoms in total. The fourth-order valence-electron chi connectivity index (χ4n) is 1.95. The molecule has 15 heavy (non-hydrogen) atoms. The second-order valence-corrected chi connectivity index (χ2v) is 4.16. The maximum Gasteiger partial charge on any atom is 0.188 e. The van der Waals surface area contributed by atoms with Crippen molar-refractivity contribution in [2.24, 2.45) is 0 Å². The van der Waals surface area contributed by atoms with Gasteiger partial charge in [-0.25, -0.2) is 0 Å². The summed E-state index contributed by atoms with van der Waals surface area (Å²) in [7, 11) is 1.77. The van der Waals surface area contributed by atoms with Crippen LogP contribution in [0.1, 0.15) is 32.1 Å². The van der Waals surface area contributed by atoms with Gasteiger partial charge in [-0.1, -0.05) is 6.42 Å². The fourth-order valence-corrected chi connectivity index (χ4v) is 1.95. The van der Waals surface area contributed by atoms with Gasteiger partial charge in [-0.3, -0.25) is 5.41 Å². The van der Waals surface area contributed by atoms with Gasteiger partial charge in [-0.15, -0.1) is 0 Å². The molecular weight excluding hydrogens is 188 g/mol. The van der Waals surface area contributed by atoms with Gasteiger partial charge in [0, 0.05) is 13.6 Å². The predicted molar refractivity (Wildman–Crippen MR) is 64.3 cm³/mol. The second-order valence-electron chi connectivity index (χ2n) is 4.16. The van der Waals surface area contributed by atoms with Gasteiger partial charge in [0.25, 0.3) is 0 Å². The molecule has 0 aromatic carbocycles. The first kappa shape index (κ1) is 12.3. The van der Waals surface area contributed by atoms with Gasteiger partial charge in [0.15, 0.2) is 5.96 Å². The second kappa shape index (κ2) is 7.51. The van der Waals surface area contributed by atoms with Crippen LogP contribution in [0.3, 0.4) is 0 Å². The number of nitrogens with one attached hydrogen (secondary N) is 3. The highest BCUT2D eigenvalue weighted by atomic mass is 15.1. The van der Waals surface area contributed by atoms with Crippen LogP contribution in [0.15, 0.2) is 0 Å². The number of likely N-dealkylation sites (tertiary alicyclic amines) is 1. The van der Waals surface area contributed by atoms with Crippen molar-refractivity contribution in [3.63, 3.8) is 0 Å². The molecule has 3 N–H and O–H groups in total. The quantitative estimate of drug-likeness (QED) is 0.350. The van der Waals surface area contributed by atoms with Gasteiger partial charge >= 0.3 is 0 Å². The molecule has 1 aliphatic rings. The Labute approximate surface area is 92.9 Å². The minimum atomic E-state index is 0.426. The van der Waals surface area contributed by atoms with Gasteiger partial charge in [0.05, 0.1) is 0 Å². The molecule has 0 unspecified atom stereocenters. The zero-order valence-electron chi connectivity index (χ0n) is 9.81. The van der Waals surface area contributed by atoms with Gasteiger partial charge in [0.2, 0.25) is 0 Å². The molecule has 1 heterocycles. The van der Waals surface area contributed by atoms with Crippen molar-refractivity contribution >= 4 is 5.96 Å². The van der Waals surface area contributed by atoms with Crippen molar-refractivity contribution in [1.82, 2.24) is 15.5 Å². The Kier molecular flexibility index (Phi) is 6.16. The topological polar surface area (TPSA) is 51.2 Å². The van der Waals surface area contributed by atoms with Crippen LogP contribution in [-0.4, -0.2) is 44.1 Å². The van der Waals surface area contributed by atoms with E-state index in [1.807, 2.05) is 0 Å². The molecule has 1 saturated heterocycles. The maximum absolute atomic E-state index is 7.32. The average Bonchev–Trinajstić information content (AvgIpc) is 2.75. The van der Waals surface area contributed by atoms with Crippen LogP contribution in [0.25, 0.3) is 0 Å². The Bertz CT molecular complexity index is 175. The summed E-state index contributed by atoms with van der Waals surface area (Å²) in [6.45, 7) is 4.80. The number of hydrogen-bond donors (Lipinski definition) is 3. The lowest BCUT2D eigenvalue weighted by Gasteiger charge is -2.14. The van der Waals surface area contributed by atoms with Crippen LogP contribution in [0.5, 0.6) is 0 Å². The van der Waals surface area contributed by atoms with Crippen molar-refractivity contribution in [3.05, 3.63) is 0 Å². The van der Waals surface area contributed by atoms with Crippen molar-refractivity contribution in [1.29, 1.82) is 5.41 Å². The number of nitrogens with zero attached hydrogens (tertiary/aromatic N) is 1. The average molecular weight is 212 g/mol. The zero-order chi connectivity index (χ0) is 10.9. The van der Waals surface area contributed by atoms with Crippen LogP contribution < -0.4 is 10.6 Å². The summed E-state index contributed by atoms with van der Waals surface area (Å²) in [6, 6.07) is 0. The summed E-state index contributed by atoms with van der Waals surface area (Å²) in [5.74, 6) is 0.426. The third kappa shape index (κ3) is 5.62. The zero-order valence-corrected chi connectivity index (χ0v) is 9.81. The normalized spacial score (nSPS) is 16.6. The van der Waals surface area contributed by atoms with Crippen LogP contribution in [0.4, 0.5) is 0 Å². The molecule has 0 aromatic rings. The predicted octanol–water partition coefficient (Wildman–Crippen LogP) is 0.996. The van der Waals surface area contributed by atoms with E-state index in [0.29, 0.717) is 5.96 Å². The Hall–Kier alpha value is -0.770. The Morgan fingerprint density at radius 1 is 1.20 bits per heavy atom. The lowest BCUT2D eigenvalue weighted by Crippen LogP contribution is -2.34. The molecule has 0 saturated carbocycles. The summed E-state index contributed by atoms with van der Waals surface area (Å²) in [5.41, 5.74) is 0. The van der Waals surface area contributed by atoms with E-state index >= 15 is 0 Å². The Balaban J connectivity index is 1.82. The van der Waals surface area contributed by atoms with Gasteiger partial charge in [-0.05, 0) is 45.3 Å².